The summed E-state index contributed by atoms with van der Waals surface area (Å²) in [5.74, 6) is 0.509. The molecule has 0 spiro atoms. The molecule has 7 heteroatoms. The van der Waals surface area contributed by atoms with E-state index < -0.39 is 10.2 Å². The summed E-state index contributed by atoms with van der Waals surface area (Å²) in [6.45, 7) is 7.21. The molecule has 0 unspecified atom stereocenters. The quantitative estimate of drug-likeness (QED) is 0.512. The highest BCUT2D eigenvalue weighted by atomic mass is 32.2. The zero-order valence-electron chi connectivity index (χ0n) is 12.6. The smallest absolute Gasteiger partial charge is 0.279 e. The van der Waals surface area contributed by atoms with Crippen molar-refractivity contribution in [1.82, 2.24) is 14.3 Å². The van der Waals surface area contributed by atoms with E-state index in [1.807, 2.05) is 7.05 Å². The Morgan fingerprint density at radius 3 is 2.47 bits per heavy atom. The average molecular weight is 295 g/mol. The first-order chi connectivity index (χ1) is 8.90. The lowest BCUT2D eigenvalue weighted by Crippen LogP contribution is -2.39. The lowest BCUT2D eigenvalue weighted by atomic mass is 10.2. The summed E-state index contributed by atoms with van der Waals surface area (Å²) in [5, 5.41) is 2.99. The molecule has 0 aromatic heterocycles. The molecule has 0 saturated heterocycles. The van der Waals surface area contributed by atoms with Gasteiger partial charge in [0.25, 0.3) is 10.2 Å². The fraction of sp³-hybridized carbons (Fsp3) is 1.00. The number of hydrogen-bond donors (Lipinski definition) is 2. The van der Waals surface area contributed by atoms with E-state index in [-0.39, 0.29) is 0 Å². The van der Waals surface area contributed by atoms with Gasteiger partial charge in [-0.05, 0) is 32.4 Å². The Morgan fingerprint density at radius 2 is 1.89 bits per heavy atom. The number of ether oxygens (including phenoxy) is 1. The maximum absolute atomic E-state index is 11.8. The van der Waals surface area contributed by atoms with Crippen LogP contribution in [0.5, 0.6) is 0 Å². The van der Waals surface area contributed by atoms with Gasteiger partial charge in [-0.3, -0.25) is 0 Å². The number of hydrogen-bond acceptors (Lipinski definition) is 4. The molecule has 0 aliphatic rings. The van der Waals surface area contributed by atoms with Gasteiger partial charge in [0.2, 0.25) is 0 Å². The molecule has 0 aliphatic carbocycles. The van der Waals surface area contributed by atoms with Crippen LogP contribution in [0.4, 0.5) is 0 Å². The predicted molar refractivity (Wildman–Crippen MR) is 78.4 cm³/mol. The largest absolute Gasteiger partial charge is 0.381 e. The molecule has 0 radical (unpaired) electrons. The minimum Gasteiger partial charge on any atom is -0.381 e. The molecule has 0 rings (SSSR count). The van der Waals surface area contributed by atoms with Crippen molar-refractivity contribution in [2.24, 2.45) is 5.92 Å². The van der Waals surface area contributed by atoms with Gasteiger partial charge >= 0.3 is 0 Å². The Balaban J connectivity index is 3.72. The van der Waals surface area contributed by atoms with Crippen LogP contribution in [-0.4, -0.2) is 59.7 Å². The Hall–Kier alpha value is -0.210. The van der Waals surface area contributed by atoms with E-state index in [1.54, 1.807) is 7.05 Å². The third kappa shape index (κ3) is 10.3. The first-order valence-electron chi connectivity index (χ1n) is 6.83. The van der Waals surface area contributed by atoms with Gasteiger partial charge in [-0.15, -0.1) is 0 Å². The topological polar surface area (TPSA) is 70.7 Å². The predicted octanol–water partition coefficient (Wildman–Crippen LogP) is 0.425. The van der Waals surface area contributed by atoms with Crippen molar-refractivity contribution in [2.75, 3.05) is 46.9 Å². The van der Waals surface area contributed by atoms with Crippen molar-refractivity contribution in [1.29, 1.82) is 0 Å². The maximum Gasteiger partial charge on any atom is 0.279 e. The van der Waals surface area contributed by atoms with Crippen LogP contribution in [0.1, 0.15) is 26.7 Å². The van der Waals surface area contributed by atoms with Gasteiger partial charge in [-0.1, -0.05) is 13.8 Å². The van der Waals surface area contributed by atoms with Gasteiger partial charge in [0, 0.05) is 33.4 Å². The molecule has 0 amide bonds. The molecule has 2 N–H and O–H groups in total. The Labute approximate surface area is 118 Å². The van der Waals surface area contributed by atoms with Crippen LogP contribution < -0.4 is 10.0 Å². The van der Waals surface area contributed by atoms with E-state index in [2.05, 4.69) is 23.9 Å². The molecule has 0 aliphatic heterocycles. The molecule has 0 aromatic rings. The lowest BCUT2D eigenvalue weighted by Gasteiger charge is -2.17. The summed E-state index contributed by atoms with van der Waals surface area (Å²) in [5.41, 5.74) is 0. The zero-order valence-corrected chi connectivity index (χ0v) is 13.4. The lowest BCUT2D eigenvalue weighted by molar-refractivity contribution is 0.108. The molecule has 19 heavy (non-hydrogen) atoms. The second-order valence-electron chi connectivity index (χ2n) is 5.00. The minimum atomic E-state index is -3.34. The van der Waals surface area contributed by atoms with Crippen molar-refractivity contribution < 1.29 is 13.2 Å². The average Bonchev–Trinajstić information content (AvgIpc) is 2.33. The first-order valence-corrected chi connectivity index (χ1v) is 8.27. The highest BCUT2D eigenvalue weighted by Crippen LogP contribution is 1.96. The van der Waals surface area contributed by atoms with Crippen molar-refractivity contribution in [3.63, 3.8) is 0 Å². The molecule has 6 nitrogen and oxygen atoms in total. The van der Waals surface area contributed by atoms with Gasteiger partial charge < -0.3 is 10.1 Å². The third-order valence-electron chi connectivity index (χ3n) is 2.51. The molecule has 0 aromatic carbocycles. The normalized spacial score (nSPS) is 12.5. The second kappa shape index (κ2) is 10.6. The van der Waals surface area contributed by atoms with Crippen LogP contribution >= 0.6 is 0 Å². The van der Waals surface area contributed by atoms with Crippen LogP contribution in [0.15, 0.2) is 0 Å². The molecule has 0 heterocycles. The van der Waals surface area contributed by atoms with E-state index in [0.29, 0.717) is 32.0 Å². The summed E-state index contributed by atoms with van der Waals surface area (Å²) in [6, 6.07) is 0. The summed E-state index contributed by atoms with van der Waals surface area (Å²) in [6.07, 6.45) is 1.49. The van der Waals surface area contributed by atoms with Crippen LogP contribution in [0, 0.1) is 5.92 Å². The Kier molecular flexibility index (Phi) is 10.4. The Morgan fingerprint density at radius 1 is 1.21 bits per heavy atom. The standard InChI is InChI=1S/C12H29N3O3S/c1-12(2)11-18-10-6-8-14-19(16,17)15(4)9-5-7-13-3/h12-14H,5-11H2,1-4H3. The van der Waals surface area contributed by atoms with E-state index >= 15 is 0 Å². The highest BCUT2D eigenvalue weighted by molar-refractivity contribution is 7.87. The monoisotopic (exact) mass is 295 g/mol. The molecule has 0 saturated carbocycles. The highest BCUT2D eigenvalue weighted by Gasteiger charge is 2.15. The fourth-order valence-electron chi connectivity index (χ4n) is 1.40. The van der Waals surface area contributed by atoms with Crippen molar-refractivity contribution in [2.45, 2.75) is 26.7 Å². The first kappa shape index (κ1) is 18.8. The minimum absolute atomic E-state index is 0.413. The third-order valence-corrected chi connectivity index (χ3v) is 4.08. The van der Waals surface area contributed by atoms with Crippen LogP contribution in [0.2, 0.25) is 0 Å². The Bertz CT molecular complexity index is 307. The van der Waals surface area contributed by atoms with Gasteiger partial charge in [0.15, 0.2) is 0 Å². The molecular weight excluding hydrogens is 266 g/mol. The summed E-state index contributed by atoms with van der Waals surface area (Å²) < 4.78 is 32.9. The SMILES string of the molecule is CNCCCN(C)S(=O)(=O)NCCCOCC(C)C. The summed E-state index contributed by atoms with van der Waals surface area (Å²) in [4.78, 5) is 0. The van der Waals surface area contributed by atoms with E-state index in [9.17, 15) is 8.42 Å². The van der Waals surface area contributed by atoms with Crippen molar-refractivity contribution >= 4 is 10.2 Å². The van der Waals surface area contributed by atoms with Gasteiger partial charge in [0.1, 0.15) is 0 Å². The van der Waals surface area contributed by atoms with Crippen LogP contribution in [0.25, 0.3) is 0 Å². The van der Waals surface area contributed by atoms with Gasteiger partial charge in [-0.2, -0.15) is 12.7 Å². The zero-order chi connectivity index (χ0) is 14.7. The van der Waals surface area contributed by atoms with E-state index in [4.69, 9.17) is 4.74 Å². The molecular formula is C12H29N3O3S. The number of nitrogens with one attached hydrogen (secondary N) is 2. The van der Waals surface area contributed by atoms with Gasteiger partial charge in [-0.25, -0.2) is 4.72 Å². The molecule has 116 valence electrons. The van der Waals surface area contributed by atoms with Crippen LogP contribution in [0.3, 0.4) is 0 Å². The second-order valence-corrected chi connectivity index (χ2v) is 6.86. The van der Waals surface area contributed by atoms with Crippen LogP contribution in [-0.2, 0) is 14.9 Å². The summed E-state index contributed by atoms with van der Waals surface area (Å²) in [7, 11) is 0.0974. The van der Waals surface area contributed by atoms with Crippen molar-refractivity contribution in [3.8, 4) is 0 Å². The molecule has 0 fully saturated rings. The number of nitrogens with zero attached hydrogens (tertiary/aromatic N) is 1. The fourth-order valence-corrected chi connectivity index (χ4v) is 2.40. The maximum atomic E-state index is 11.8. The van der Waals surface area contributed by atoms with Gasteiger partial charge in [0.05, 0.1) is 0 Å². The van der Waals surface area contributed by atoms with Crippen molar-refractivity contribution in [3.05, 3.63) is 0 Å². The molecule has 0 bridgehead atoms. The van der Waals surface area contributed by atoms with E-state index in [1.165, 1.54) is 4.31 Å². The summed E-state index contributed by atoms with van der Waals surface area (Å²) >= 11 is 0. The number of rotatable bonds is 12. The molecule has 0 atom stereocenters. The van der Waals surface area contributed by atoms with E-state index in [0.717, 1.165) is 19.6 Å².